The van der Waals surface area contributed by atoms with Gasteiger partial charge in [0.15, 0.2) is 5.82 Å². The van der Waals surface area contributed by atoms with Gasteiger partial charge < -0.3 is 24.6 Å². The number of rotatable bonds is 7. The largest absolute Gasteiger partial charge is 0.366 e. The number of nitrogens with zero attached hydrogens (tertiary/aromatic N) is 6. The van der Waals surface area contributed by atoms with Gasteiger partial charge in [0.05, 0.1) is 23.0 Å². The van der Waals surface area contributed by atoms with E-state index < -0.39 is 5.41 Å². The molecule has 2 saturated heterocycles. The molecule has 9 rings (SSSR count). The van der Waals surface area contributed by atoms with Crippen LogP contribution in [-0.4, -0.2) is 80.5 Å². The van der Waals surface area contributed by atoms with Crippen LogP contribution < -0.4 is 10.2 Å². The predicted molar refractivity (Wildman–Crippen MR) is 194 cm³/mol. The maximum atomic E-state index is 14.9. The summed E-state index contributed by atoms with van der Waals surface area (Å²) in [5.74, 6) is 1.67. The smallest absolute Gasteiger partial charge is 0.238 e. The number of aromatic nitrogens is 3. The number of carbonyl (C=O) groups excluding carboxylic acids is 2. The second-order valence-electron chi connectivity index (χ2n) is 16.4. The zero-order valence-corrected chi connectivity index (χ0v) is 29.5. The van der Waals surface area contributed by atoms with Gasteiger partial charge >= 0.3 is 0 Å². The minimum absolute atomic E-state index is 0.172. The monoisotopic (exact) mass is 663 g/mol. The SMILES string of the molecule is CC(C)n1cnc2cc(-c3ccc4c(c3)N(C3CC(N5CCCCC5)C3)C(=O)C43CCN(C(=O)C4CCCCC4)CC3)nc(NC3CC3)c21. The molecule has 3 aliphatic heterocycles. The number of likely N-dealkylation sites (tertiary alicyclic amines) is 2. The van der Waals surface area contributed by atoms with Crippen molar-refractivity contribution in [1.29, 1.82) is 0 Å². The van der Waals surface area contributed by atoms with Crippen molar-refractivity contribution in [3.8, 4) is 11.3 Å². The lowest BCUT2D eigenvalue weighted by atomic mass is 9.73. The van der Waals surface area contributed by atoms with Gasteiger partial charge in [0.1, 0.15) is 5.52 Å². The summed E-state index contributed by atoms with van der Waals surface area (Å²) in [4.78, 5) is 45.4. The summed E-state index contributed by atoms with van der Waals surface area (Å²) in [5, 5.41) is 3.70. The van der Waals surface area contributed by atoms with Crippen molar-refractivity contribution in [2.24, 2.45) is 5.92 Å². The van der Waals surface area contributed by atoms with Gasteiger partial charge in [0.2, 0.25) is 11.8 Å². The summed E-state index contributed by atoms with van der Waals surface area (Å²) in [6.45, 7) is 8.10. The summed E-state index contributed by atoms with van der Waals surface area (Å²) < 4.78 is 2.21. The molecule has 0 atom stereocenters. The van der Waals surface area contributed by atoms with Crippen molar-refractivity contribution in [3.05, 3.63) is 36.2 Å². The van der Waals surface area contributed by atoms with Gasteiger partial charge in [-0.05, 0) is 109 Å². The molecule has 1 N–H and O–H groups in total. The Morgan fingerprint density at radius 2 is 1.63 bits per heavy atom. The van der Waals surface area contributed by atoms with Gasteiger partial charge in [-0.3, -0.25) is 9.59 Å². The molecule has 49 heavy (non-hydrogen) atoms. The van der Waals surface area contributed by atoms with Crippen LogP contribution in [0.3, 0.4) is 0 Å². The predicted octanol–water partition coefficient (Wildman–Crippen LogP) is 7.06. The molecular formula is C40H53N7O2. The lowest BCUT2D eigenvalue weighted by molar-refractivity contribution is -0.140. The molecule has 3 aromatic rings. The van der Waals surface area contributed by atoms with E-state index in [1.54, 1.807) is 0 Å². The van der Waals surface area contributed by atoms with E-state index >= 15 is 0 Å². The van der Waals surface area contributed by atoms with Crippen LogP contribution in [0.25, 0.3) is 22.3 Å². The van der Waals surface area contributed by atoms with Crippen LogP contribution in [-0.2, 0) is 15.0 Å². The zero-order chi connectivity index (χ0) is 33.3. The van der Waals surface area contributed by atoms with Gasteiger partial charge in [0.25, 0.3) is 0 Å². The third-order valence-corrected chi connectivity index (χ3v) is 13.0. The number of fused-ring (bicyclic) bond motifs is 3. The summed E-state index contributed by atoms with van der Waals surface area (Å²) in [5.41, 5.74) is 5.62. The minimum atomic E-state index is -0.556. The first-order chi connectivity index (χ1) is 23.9. The van der Waals surface area contributed by atoms with Crippen molar-refractivity contribution < 1.29 is 9.59 Å². The maximum Gasteiger partial charge on any atom is 0.238 e. The molecule has 2 aromatic heterocycles. The van der Waals surface area contributed by atoms with Crippen molar-refractivity contribution in [2.75, 3.05) is 36.4 Å². The fraction of sp³-hybridized carbons (Fsp3) is 0.650. The molecule has 9 heteroatoms. The third kappa shape index (κ3) is 5.46. The molecule has 0 radical (unpaired) electrons. The number of pyridine rings is 1. The van der Waals surface area contributed by atoms with Crippen molar-refractivity contribution >= 4 is 34.4 Å². The zero-order valence-electron chi connectivity index (χ0n) is 29.5. The number of hydrogen-bond acceptors (Lipinski definition) is 6. The highest BCUT2D eigenvalue weighted by atomic mass is 16.2. The normalized spacial score (nSPS) is 26.1. The molecule has 6 aliphatic rings. The lowest BCUT2D eigenvalue weighted by Gasteiger charge is -2.48. The first-order valence-electron chi connectivity index (χ1n) is 19.5. The van der Waals surface area contributed by atoms with E-state index in [1.807, 2.05) is 6.33 Å². The molecule has 1 aromatic carbocycles. The molecule has 9 nitrogen and oxygen atoms in total. The van der Waals surface area contributed by atoms with E-state index in [9.17, 15) is 9.59 Å². The molecule has 0 unspecified atom stereocenters. The second kappa shape index (κ2) is 12.4. The van der Waals surface area contributed by atoms with E-state index in [1.165, 1.54) is 51.6 Å². The average molecular weight is 664 g/mol. The Kier molecular flexibility index (Phi) is 7.97. The van der Waals surface area contributed by atoms with Crippen molar-refractivity contribution in [2.45, 2.75) is 133 Å². The fourth-order valence-corrected chi connectivity index (χ4v) is 9.79. The molecular weight excluding hydrogens is 610 g/mol. The number of hydrogen-bond donors (Lipinski definition) is 1. The summed E-state index contributed by atoms with van der Waals surface area (Å²) >= 11 is 0. The fourth-order valence-electron chi connectivity index (χ4n) is 9.79. The Labute approximate surface area is 290 Å². The summed E-state index contributed by atoms with van der Waals surface area (Å²) in [6, 6.07) is 10.3. The van der Waals surface area contributed by atoms with E-state index in [0.29, 0.717) is 43.9 Å². The first kappa shape index (κ1) is 31.5. The van der Waals surface area contributed by atoms with Gasteiger partial charge in [-0.2, -0.15) is 0 Å². The number of benzene rings is 1. The van der Waals surface area contributed by atoms with E-state index in [4.69, 9.17) is 9.97 Å². The number of amides is 2. The highest BCUT2D eigenvalue weighted by Gasteiger charge is 2.56. The van der Waals surface area contributed by atoms with Crippen LogP contribution in [0.4, 0.5) is 11.5 Å². The van der Waals surface area contributed by atoms with Crippen LogP contribution >= 0.6 is 0 Å². The number of carbonyl (C=O) groups is 2. The Bertz CT molecular complexity index is 1730. The Morgan fingerprint density at radius 1 is 0.898 bits per heavy atom. The number of imidazole rings is 1. The Balaban J connectivity index is 1.05. The maximum absolute atomic E-state index is 14.9. The Morgan fingerprint density at radius 3 is 2.35 bits per heavy atom. The van der Waals surface area contributed by atoms with Crippen LogP contribution in [0.15, 0.2) is 30.6 Å². The van der Waals surface area contributed by atoms with E-state index in [0.717, 1.165) is 77.9 Å². The third-order valence-electron chi connectivity index (χ3n) is 13.0. The lowest BCUT2D eigenvalue weighted by Crippen LogP contribution is -2.58. The molecule has 2 amide bonds. The topological polar surface area (TPSA) is 86.6 Å². The second-order valence-corrected chi connectivity index (χ2v) is 16.4. The standard InChI is InChI=1S/C40H53N7O2/c1-26(2)46-25-41-34-24-33(43-37(36(34)46)42-29-12-13-29)28-11-14-32-35(21-28)47(31-22-30(23-31)44-17-7-4-8-18-44)39(49)40(32)15-19-45(20-16-40)38(48)27-9-5-3-6-10-27/h11,14,21,24-27,29-31H,3-10,12-13,15-20,22-23H2,1-2H3,(H,42,43). The summed E-state index contributed by atoms with van der Waals surface area (Å²) in [7, 11) is 0. The van der Waals surface area contributed by atoms with E-state index in [-0.39, 0.29) is 23.9 Å². The number of anilines is 2. The van der Waals surface area contributed by atoms with Crippen LogP contribution in [0.2, 0.25) is 0 Å². The quantitative estimate of drug-likeness (QED) is 0.292. The minimum Gasteiger partial charge on any atom is -0.366 e. The van der Waals surface area contributed by atoms with Crippen LogP contribution in [0.1, 0.15) is 115 Å². The van der Waals surface area contributed by atoms with Gasteiger partial charge in [-0.25, -0.2) is 9.97 Å². The number of nitrogens with one attached hydrogen (secondary N) is 1. The van der Waals surface area contributed by atoms with Crippen molar-refractivity contribution in [3.63, 3.8) is 0 Å². The molecule has 5 fully saturated rings. The van der Waals surface area contributed by atoms with Gasteiger partial charge in [0, 0.05) is 54.4 Å². The summed E-state index contributed by atoms with van der Waals surface area (Å²) in [6.07, 6.45) is 17.3. The molecule has 260 valence electrons. The van der Waals surface area contributed by atoms with Crippen molar-refractivity contribution in [1.82, 2.24) is 24.3 Å². The first-order valence-corrected chi connectivity index (χ1v) is 19.5. The van der Waals surface area contributed by atoms with Gasteiger partial charge in [-0.15, -0.1) is 0 Å². The van der Waals surface area contributed by atoms with Crippen LogP contribution in [0, 0.1) is 5.92 Å². The van der Waals surface area contributed by atoms with Gasteiger partial charge in [-0.1, -0.05) is 37.8 Å². The molecule has 1 spiro atoms. The van der Waals surface area contributed by atoms with Crippen LogP contribution in [0.5, 0.6) is 0 Å². The van der Waals surface area contributed by atoms with E-state index in [2.05, 4.69) is 62.7 Å². The highest BCUT2D eigenvalue weighted by Crippen LogP contribution is 2.52. The molecule has 3 saturated carbocycles. The highest BCUT2D eigenvalue weighted by molar-refractivity contribution is 6.09. The molecule has 3 aliphatic carbocycles. The average Bonchev–Trinajstić information content (AvgIpc) is 3.77. The Hall–Kier alpha value is -3.46. The number of piperidine rings is 2. The molecule has 0 bridgehead atoms. The molecule has 5 heterocycles.